The van der Waals surface area contributed by atoms with Gasteiger partial charge in [-0.25, -0.2) is 9.18 Å². The number of hydrogen-bond acceptors (Lipinski definition) is 3. The van der Waals surface area contributed by atoms with E-state index in [2.05, 4.69) is 5.32 Å². The van der Waals surface area contributed by atoms with Crippen LogP contribution in [0.1, 0.15) is 22.5 Å². The Labute approximate surface area is 158 Å². The van der Waals surface area contributed by atoms with Gasteiger partial charge in [-0.1, -0.05) is 11.6 Å². The van der Waals surface area contributed by atoms with Gasteiger partial charge in [-0.15, -0.1) is 0 Å². The monoisotopic (exact) mass is 385 g/mol. The molecule has 0 bridgehead atoms. The molecule has 1 amide bonds. The number of rotatable bonds is 3. The average Bonchev–Trinajstić information content (AvgIpc) is 3.21. The molecule has 2 aromatic rings. The van der Waals surface area contributed by atoms with Crippen molar-refractivity contribution in [2.24, 2.45) is 5.92 Å². The third kappa shape index (κ3) is 3.19. The van der Waals surface area contributed by atoms with Crippen molar-refractivity contribution < 1.29 is 23.5 Å². The predicted molar refractivity (Wildman–Crippen MR) is 97.3 cm³/mol. The molecule has 2 N–H and O–H groups in total. The Hall–Kier alpha value is -3.12. The predicted octanol–water partition coefficient (Wildman–Crippen LogP) is 4.32. The number of allylic oxidation sites excluding steroid dienone is 4. The van der Waals surface area contributed by atoms with E-state index in [0.717, 1.165) is 11.8 Å². The van der Waals surface area contributed by atoms with Crippen molar-refractivity contribution in [1.82, 2.24) is 5.32 Å². The molecule has 5 nitrogen and oxygen atoms in total. The fourth-order valence-electron chi connectivity index (χ4n) is 3.18. The van der Waals surface area contributed by atoms with Crippen molar-refractivity contribution in [1.29, 1.82) is 0 Å². The number of furan rings is 1. The molecule has 2 aliphatic rings. The van der Waals surface area contributed by atoms with Crippen molar-refractivity contribution in [3.8, 4) is 11.3 Å². The fraction of sp³-hybridized carbons (Fsp3) is 0.100. The van der Waals surface area contributed by atoms with Gasteiger partial charge in [0.1, 0.15) is 17.3 Å². The highest BCUT2D eigenvalue weighted by molar-refractivity contribution is 6.30. The number of halogens is 2. The summed E-state index contributed by atoms with van der Waals surface area (Å²) in [6.45, 7) is 0. The third-order valence-electron chi connectivity index (χ3n) is 4.52. The number of carboxylic acids is 1. The van der Waals surface area contributed by atoms with Gasteiger partial charge in [-0.05, 0) is 55.0 Å². The Bertz CT molecular complexity index is 1060. The van der Waals surface area contributed by atoms with Gasteiger partial charge >= 0.3 is 5.97 Å². The van der Waals surface area contributed by atoms with Gasteiger partial charge in [-0.2, -0.15) is 0 Å². The van der Waals surface area contributed by atoms with E-state index < -0.39 is 11.8 Å². The third-order valence-corrected chi connectivity index (χ3v) is 4.80. The molecule has 1 atom stereocenters. The Morgan fingerprint density at radius 1 is 1.30 bits per heavy atom. The van der Waals surface area contributed by atoms with Crippen molar-refractivity contribution in [3.05, 3.63) is 75.9 Å². The minimum atomic E-state index is -1.16. The van der Waals surface area contributed by atoms with E-state index in [-0.39, 0.29) is 28.7 Å². The summed E-state index contributed by atoms with van der Waals surface area (Å²) in [6.07, 6.45) is 5.63. The fourth-order valence-corrected chi connectivity index (χ4v) is 3.40. The van der Waals surface area contributed by atoms with Crippen molar-refractivity contribution in [3.63, 3.8) is 0 Å². The number of carbonyl (C=O) groups is 2. The standard InChI is InChI=1S/C20H13ClFNO4/c21-11-2-5-17-13(8-11)14(19(24)23-17)9-12-3-6-18(27-12)15-7-10(20(25)26)1-4-16(15)22/h1-7,9,13H,8H2,(H,23,24)(H,25,26). The van der Waals surface area contributed by atoms with Crippen LogP contribution in [0.2, 0.25) is 0 Å². The number of carboxylic acid groups (broad SMARTS) is 1. The Kier molecular flexibility index (Phi) is 4.20. The van der Waals surface area contributed by atoms with Crippen LogP contribution in [-0.2, 0) is 4.79 Å². The van der Waals surface area contributed by atoms with Crippen LogP contribution < -0.4 is 5.32 Å². The van der Waals surface area contributed by atoms with Crippen LogP contribution in [0.3, 0.4) is 0 Å². The van der Waals surface area contributed by atoms with E-state index >= 15 is 0 Å². The Balaban J connectivity index is 1.68. The number of carbonyl (C=O) groups excluding carboxylic acids is 1. The number of benzene rings is 1. The Morgan fingerprint density at radius 3 is 2.89 bits per heavy atom. The summed E-state index contributed by atoms with van der Waals surface area (Å²) in [6, 6.07) is 6.61. The smallest absolute Gasteiger partial charge is 0.335 e. The quantitative estimate of drug-likeness (QED) is 0.771. The zero-order valence-corrected chi connectivity index (χ0v) is 14.6. The molecule has 0 saturated carbocycles. The van der Waals surface area contributed by atoms with E-state index in [1.54, 1.807) is 24.3 Å². The molecule has 0 spiro atoms. The van der Waals surface area contributed by atoms with Crippen LogP contribution >= 0.6 is 11.6 Å². The lowest BCUT2D eigenvalue weighted by Crippen LogP contribution is -2.13. The second-order valence-electron chi connectivity index (χ2n) is 6.25. The highest BCUT2D eigenvalue weighted by atomic mass is 35.5. The van der Waals surface area contributed by atoms with E-state index in [4.69, 9.17) is 21.1 Å². The summed E-state index contributed by atoms with van der Waals surface area (Å²) in [5, 5.41) is 12.5. The molecule has 4 rings (SSSR count). The number of hydrogen-bond donors (Lipinski definition) is 2. The van der Waals surface area contributed by atoms with Crippen LogP contribution in [0.4, 0.5) is 4.39 Å². The van der Waals surface area contributed by atoms with Gasteiger partial charge in [0, 0.05) is 22.2 Å². The molecule has 1 aliphatic heterocycles. The zero-order valence-electron chi connectivity index (χ0n) is 13.8. The van der Waals surface area contributed by atoms with E-state index in [0.29, 0.717) is 22.8 Å². The van der Waals surface area contributed by atoms with Gasteiger partial charge < -0.3 is 14.8 Å². The van der Waals surface area contributed by atoms with E-state index in [1.165, 1.54) is 18.2 Å². The maximum absolute atomic E-state index is 14.1. The number of amides is 1. The van der Waals surface area contributed by atoms with E-state index in [1.807, 2.05) is 0 Å². The molecule has 7 heteroatoms. The number of nitrogens with one attached hydrogen (secondary N) is 1. The molecule has 27 heavy (non-hydrogen) atoms. The molecule has 2 heterocycles. The number of aromatic carboxylic acids is 1. The molecule has 1 aromatic carbocycles. The average molecular weight is 386 g/mol. The summed E-state index contributed by atoms with van der Waals surface area (Å²) >= 11 is 6.08. The molecule has 1 saturated heterocycles. The van der Waals surface area contributed by atoms with Crippen LogP contribution in [0.15, 0.2) is 63.2 Å². The number of fused-ring (bicyclic) bond motifs is 1. The largest absolute Gasteiger partial charge is 0.478 e. The van der Waals surface area contributed by atoms with Gasteiger partial charge in [-0.3, -0.25) is 4.79 Å². The van der Waals surface area contributed by atoms with Crippen LogP contribution in [0.5, 0.6) is 0 Å². The molecule has 1 fully saturated rings. The van der Waals surface area contributed by atoms with Gasteiger partial charge in [0.25, 0.3) is 5.91 Å². The maximum atomic E-state index is 14.1. The van der Waals surface area contributed by atoms with Crippen LogP contribution in [0, 0.1) is 11.7 Å². The lowest BCUT2D eigenvalue weighted by Gasteiger charge is -2.14. The molecule has 136 valence electrons. The SMILES string of the molecule is O=C1NC2=CC=C(Cl)CC2C1=Cc1ccc(-c2cc(C(=O)O)ccc2F)o1. The van der Waals surface area contributed by atoms with E-state index in [9.17, 15) is 14.0 Å². The molecule has 1 aromatic heterocycles. The minimum Gasteiger partial charge on any atom is -0.478 e. The summed E-state index contributed by atoms with van der Waals surface area (Å²) in [5.41, 5.74) is 1.28. The molecule has 1 aliphatic carbocycles. The first kappa shape index (κ1) is 17.3. The second-order valence-corrected chi connectivity index (χ2v) is 6.73. The first-order valence-electron chi connectivity index (χ1n) is 8.14. The molecule has 1 unspecified atom stereocenters. The maximum Gasteiger partial charge on any atom is 0.335 e. The van der Waals surface area contributed by atoms with Gasteiger partial charge in [0.05, 0.1) is 11.1 Å². The van der Waals surface area contributed by atoms with Crippen molar-refractivity contribution >= 4 is 29.6 Å². The summed E-state index contributed by atoms with van der Waals surface area (Å²) in [5.74, 6) is -1.62. The highest BCUT2D eigenvalue weighted by Crippen LogP contribution is 2.37. The molecular weight excluding hydrogens is 373 g/mol. The lowest BCUT2D eigenvalue weighted by molar-refractivity contribution is -0.115. The summed E-state index contributed by atoms with van der Waals surface area (Å²) in [7, 11) is 0. The van der Waals surface area contributed by atoms with Crippen LogP contribution in [0.25, 0.3) is 17.4 Å². The van der Waals surface area contributed by atoms with Gasteiger partial charge in [0.15, 0.2) is 0 Å². The second kappa shape index (κ2) is 6.55. The first-order valence-corrected chi connectivity index (χ1v) is 8.52. The van der Waals surface area contributed by atoms with Crippen molar-refractivity contribution in [2.75, 3.05) is 0 Å². The summed E-state index contributed by atoms with van der Waals surface area (Å²) < 4.78 is 19.7. The van der Waals surface area contributed by atoms with Crippen LogP contribution in [-0.4, -0.2) is 17.0 Å². The normalized spacial score (nSPS) is 20.1. The molecular formula is C20H13ClFNO4. The minimum absolute atomic E-state index is 0.0413. The zero-order chi connectivity index (χ0) is 19.1. The first-order chi connectivity index (χ1) is 12.9. The van der Waals surface area contributed by atoms with Gasteiger partial charge in [0.2, 0.25) is 0 Å². The summed E-state index contributed by atoms with van der Waals surface area (Å²) in [4.78, 5) is 23.3. The molecule has 0 radical (unpaired) electrons. The topological polar surface area (TPSA) is 79.5 Å². The lowest BCUT2D eigenvalue weighted by atomic mass is 9.92. The highest BCUT2D eigenvalue weighted by Gasteiger charge is 2.34. The van der Waals surface area contributed by atoms with Crippen molar-refractivity contribution in [2.45, 2.75) is 6.42 Å². The Morgan fingerprint density at radius 2 is 2.11 bits per heavy atom.